The van der Waals surface area contributed by atoms with Crippen LogP contribution in [0.3, 0.4) is 0 Å². The fourth-order valence-corrected chi connectivity index (χ4v) is 1.15. The zero-order valence-corrected chi connectivity index (χ0v) is 10.8. The maximum Gasteiger partial charge on any atom is 0.416 e. The zero-order chi connectivity index (χ0) is 14.2. The van der Waals surface area contributed by atoms with Crippen LogP contribution in [0.15, 0.2) is 18.3 Å². The second kappa shape index (κ2) is 4.42. The van der Waals surface area contributed by atoms with Crippen LogP contribution < -0.4 is 5.32 Å². The highest BCUT2D eigenvalue weighted by molar-refractivity contribution is 5.41. The fourth-order valence-electron chi connectivity index (χ4n) is 1.15. The molecule has 0 radical (unpaired) electrons. The van der Waals surface area contributed by atoms with Crippen LogP contribution in [-0.4, -0.2) is 21.2 Å². The highest BCUT2D eigenvalue weighted by Crippen LogP contribution is 2.31. The molecular weight excluding hydrogens is 245 g/mol. The predicted octanol–water partition coefficient (Wildman–Crippen LogP) is 3.06. The van der Waals surface area contributed by atoms with Gasteiger partial charge in [-0.1, -0.05) is 0 Å². The van der Waals surface area contributed by atoms with Crippen molar-refractivity contribution in [3.8, 4) is 0 Å². The number of nitrogens with one attached hydrogen (secondary N) is 1. The van der Waals surface area contributed by atoms with E-state index in [0.29, 0.717) is 0 Å². The Labute approximate surface area is 104 Å². The van der Waals surface area contributed by atoms with E-state index in [0.717, 1.165) is 18.3 Å². The Morgan fingerprint density at radius 1 is 1.17 bits per heavy atom. The summed E-state index contributed by atoms with van der Waals surface area (Å²) in [6.45, 7) is 6.53. The maximum absolute atomic E-state index is 12.5. The first kappa shape index (κ1) is 14.8. The van der Waals surface area contributed by atoms with Crippen molar-refractivity contribution in [2.45, 2.75) is 45.0 Å². The molecule has 0 atom stereocenters. The standard InChI is InChI=1S/C12H17F3N2O/c1-10(2,11(3,4)18)17-9-7-8(5-6-16-9)12(13,14)15/h5-7,18H,1-4H3,(H,16,17). The maximum atomic E-state index is 12.5. The molecule has 0 amide bonds. The summed E-state index contributed by atoms with van der Waals surface area (Å²) in [5, 5.41) is 12.7. The first-order valence-electron chi connectivity index (χ1n) is 5.47. The van der Waals surface area contributed by atoms with Crippen LogP contribution in [0.4, 0.5) is 19.0 Å². The average molecular weight is 262 g/mol. The topological polar surface area (TPSA) is 45.1 Å². The lowest BCUT2D eigenvalue weighted by molar-refractivity contribution is -0.137. The summed E-state index contributed by atoms with van der Waals surface area (Å²) < 4.78 is 37.6. The number of anilines is 1. The van der Waals surface area contributed by atoms with Gasteiger partial charge in [0.05, 0.1) is 16.7 Å². The van der Waals surface area contributed by atoms with E-state index in [-0.39, 0.29) is 5.82 Å². The molecule has 0 fully saturated rings. The molecule has 3 nitrogen and oxygen atoms in total. The minimum absolute atomic E-state index is 0.0805. The molecule has 1 heterocycles. The number of hydrogen-bond acceptors (Lipinski definition) is 3. The smallest absolute Gasteiger partial charge is 0.388 e. The molecule has 18 heavy (non-hydrogen) atoms. The van der Waals surface area contributed by atoms with E-state index in [2.05, 4.69) is 10.3 Å². The predicted molar refractivity (Wildman–Crippen MR) is 63.2 cm³/mol. The van der Waals surface area contributed by atoms with Gasteiger partial charge in [0.25, 0.3) is 0 Å². The minimum Gasteiger partial charge on any atom is -0.388 e. The monoisotopic (exact) mass is 262 g/mol. The minimum atomic E-state index is -4.40. The van der Waals surface area contributed by atoms with Crippen LogP contribution in [0.2, 0.25) is 0 Å². The summed E-state index contributed by atoms with van der Waals surface area (Å²) in [7, 11) is 0. The number of aliphatic hydroxyl groups is 1. The molecule has 0 aliphatic heterocycles. The van der Waals surface area contributed by atoms with Crippen molar-refractivity contribution < 1.29 is 18.3 Å². The molecule has 102 valence electrons. The number of alkyl halides is 3. The van der Waals surface area contributed by atoms with Gasteiger partial charge < -0.3 is 10.4 Å². The van der Waals surface area contributed by atoms with Crippen molar-refractivity contribution in [1.29, 1.82) is 0 Å². The van der Waals surface area contributed by atoms with Crippen LogP contribution in [0.1, 0.15) is 33.3 Å². The Morgan fingerprint density at radius 2 is 1.72 bits per heavy atom. The van der Waals surface area contributed by atoms with Gasteiger partial charge in [0, 0.05) is 6.20 Å². The van der Waals surface area contributed by atoms with Crippen molar-refractivity contribution in [1.82, 2.24) is 4.98 Å². The van der Waals surface area contributed by atoms with Gasteiger partial charge in [0.2, 0.25) is 0 Å². The average Bonchev–Trinajstić information content (AvgIpc) is 2.14. The molecule has 0 spiro atoms. The summed E-state index contributed by atoms with van der Waals surface area (Å²) in [5.74, 6) is 0.0805. The van der Waals surface area contributed by atoms with Crippen molar-refractivity contribution >= 4 is 5.82 Å². The molecule has 0 bridgehead atoms. The summed E-state index contributed by atoms with van der Waals surface area (Å²) in [6, 6.07) is 1.83. The van der Waals surface area contributed by atoms with E-state index in [1.807, 2.05) is 0 Å². The van der Waals surface area contributed by atoms with Gasteiger partial charge in [-0.05, 0) is 39.8 Å². The van der Waals surface area contributed by atoms with E-state index in [1.165, 1.54) is 0 Å². The molecule has 6 heteroatoms. The van der Waals surface area contributed by atoms with Gasteiger partial charge in [0.15, 0.2) is 0 Å². The van der Waals surface area contributed by atoms with E-state index < -0.39 is 22.9 Å². The quantitative estimate of drug-likeness (QED) is 0.880. The zero-order valence-electron chi connectivity index (χ0n) is 10.8. The lowest BCUT2D eigenvalue weighted by Gasteiger charge is -2.38. The Bertz CT molecular complexity index is 422. The largest absolute Gasteiger partial charge is 0.416 e. The third kappa shape index (κ3) is 3.35. The lowest BCUT2D eigenvalue weighted by Crippen LogP contribution is -2.51. The highest BCUT2D eigenvalue weighted by Gasteiger charge is 2.36. The summed E-state index contributed by atoms with van der Waals surface area (Å²) >= 11 is 0. The number of pyridine rings is 1. The van der Waals surface area contributed by atoms with Crippen LogP contribution >= 0.6 is 0 Å². The second-order valence-corrected chi connectivity index (χ2v) is 5.24. The van der Waals surface area contributed by atoms with E-state index in [1.54, 1.807) is 27.7 Å². The van der Waals surface area contributed by atoms with E-state index in [4.69, 9.17) is 0 Å². The summed E-state index contributed by atoms with van der Waals surface area (Å²) in [5.41, 5.74) is -2.70. The molecular formula is C12H17F3N2O. The highest BCUT2D eigenvalue weighted by atomic mass is 19.4. The Hall–Kier alpha value is -1.30. The molecule has 0 aliphatic rings. The number of nitrogens with zero attached hydrogens (tertiary/aromatic N) is 1. The third-order valence-corrected chi connectivity index (χ3v) is 3.06. The fraction of sp³-hybridized carbons (Fsp3) is 0.583. The number of hydrogen-bond donors (Lipinski definition) is 2. The Balaban J connectivity index is 3.00. The van der Waals surface area contributed by atoms with Gasteiger partial charge in [-0.15, -0.1) is 0 Å². The number of rotatable bonds is 3. The molecule has 0 unspecified atom stereocenters. The molecule has 1 aromatic rings. The third-order valence-electron chi connectivity index (χ3n) is 3.06. The summed E-state index contributed by atoms with van der Waals surface area (Å²) in [4.78, 5) is 3.83. The van der Waals surface area contributed by atoms with E-state index in [9.17, 15) is 18.3 Å². The van der Waals surface area contributed by atoms with Crippen molar-refractivity contribution in [3.05, 3.63) is 23.9 Å². The first-order chi connectivity index (χ1) is 7.93. The van der Waals surface area contributed by atoms with Gasteiger partial charge in [-0.2, -0.15) is 13.2 Å². The van der Waals surface area contributed by atoms with Crippen molar-refractivity contribution in [3.63, 3.8) is 0 Å². The van der Waals surface area contributed by atoms with Crippen LogP contribution in [0.25, 0.3) is 0 Å². The summed E-state index contributed by atoms with van der Waals surface area (Å²) in [6.07, 6.45) is -3.32. The SMILES string of the molecule is CC(C)(O)C(C)(C)Nc1cc(C(F)(F)F)ccn1. The molecule has 0 aromatic carbocycles. The van der Waals surface area contributed by atoms with Gasteiger partial charge in [-0.25, -0.2) is 4.98 Å². The number of aromatic nitrogens is 1. The normalized spacial score (nSPS) is 13.6. The van der Waals surface area contributed by atoms with Crippen molar-refractivity contribution in [2.24, 2.45) is 0 Å². The Kier molecular flexibility index (Phi) is 3.63. The number of halogens is 3. The van der Waals surface area contributed by atoms with Crippen LogP contribution in [0.5, 0.6) is 0 Å². The Morgan fingerprint density at radius 3 is 2.17 bits per heavy atom. The van der Waals surface area contributed by atoms with Gasteiger partial charge in [-0.3, -0.25) is 0 Å². The molecule has 1 rings (SSSR count). The van der Waals surface area contributed by atoms with E-state index >= 15 is 0 Å². The molecule has 0 saturated carbocycles. The van der Waals surface area contributed by atoms with Gasteiger partial charge >= 0.3 is 6.18 Å². The van der Waals surface area contributed by atoms with Crippen molar-refractivity contribution in [2.75, 3.05) is 5.32 Å². The second-order valence-electron chi connectivity index (χ2n) is 5.24. The van der Waals surface area contributed by atoms with Crippen LogP contribution in [0, 0.1) is 0 Å². The molecule has 1 aromatic heterocycles. The molecule has 0 aliphatic carbocycles. The molecule has 0 saturated heterocycles. The van der Waals surface area contributed by atoms with Gasteiger partial charge in [0.1, 0.15) is 5.82 Å². The molecule has 2 N–H and O–H groups in total. The van der Waals surface area contributed by atoms with Crippen LogP contribution in [-0.2, 0) is 6.18 Å². The first-order valence-corrected chi connectivity index (χ1v) is 5.47. The lowest BCUT2D eigenvalue weighted by atomic mass is 9.86.